The van der Waals surface area contributed by atoms with E-state index < -0.39 is 0 Å². The summed E-state index contributed by atoms with van der Waals surface area (Å²) < 4.78 is 0. The van der Waals surface area contributed by atoms with Crippen LogP contribution in [-0.4, -0.2) is 48.4 Å². The van der Waals surface area contributed by atoms with E-state index in [2.05, 4.69) is 25.7 Å². The van der Waals surface area contributed by atoms with Gasteiger partial charge >= 0.3 is 0 Å². The van der Waals surface area contributed by atoms with Crippen LogP contribution < -0.4 is 0 Å². The number of hydrogen-bond donors (Lipinski definition) is 0. The lowest BCUT2D eigenvalue weighted by Crippen LogP contribution is -2.50. The van der Waals surface area contributed by atoms with Gasteiger partial charge in [-0.3, -0.25) is 4.79 Å². The molecule has 88 valence electrons. The van der Waals surface area contributed by atoms with Crippen LogP contribution in [0.4, 0.5) is 0 Å². The lowest BCUT2D eigenvalue weighted by molar-refractivity contribution is -0.137. The molecule has 1 saturated heterocycles. The monoisotopic (exact) mass is 212 g/mol. The van der Waals surface area contributed by atoms with Crippen LogP contribution in [0.5, 0.6) is 0 Å². The van der Waals surface area contributed by atoms with Crippen molar-refractivity contribution in [3.05, 3.63) is 0 Å². The molecule has 0 aromatic heterocycles. The third-order valence-electron chi connectivity index (χ3n) is 3.47. The Morgan fingerprint density at radius 3 is 2.00 bits per heavy atom. The number of piperazine rings is 1. The SMILES string of the molecule is CCC(CC)C(=O)N1CCN(CC)CC1. The maximum absolute atomic E-state index is 12.1. The second-order valence-electron chi connectivity index (χ2n) is 4.27. The van der Waals surface area contributed by atoms with E-state index in [9.17, 15) is 4.79 Å². The number of hydrogen-bond acceptors (Lipinski definition) is 2. The highest BCUT2D eigenvalue weighted by Crippen LogP contribution is 2.13. The molecule has 1 aliphatic heterocycles. The van der Waals surface area contributed by atoms with Crippen LogP contribution >= 0.6 is 0 Å². The smallest absolute Gasteiger partial charge is 0.225 e. The average Bonchev–Trinajstić information content (AvgIpc) is 2.30. The predicted octanol–water partition coefficient (Wildman–Crippen LogP) is 1.59. The molecule has 0 aromatic carbocycles. The quantitative estimate of drug-likeness (QED) is 0.706. The minimum absolute atomic E-state index is 0.248. The van der Waals surface area contributed by atoms with Gasteiger partial charge in [0.15, 0.2) is 0 Å². The van der Waals surface area contributed by atoms with Gasteiger partial charge in [0.2, 0.25) is 5.91 Å². The lowest BCUT2D eigenvalue weighted by Gasteiger charge is -2.35. The average molecular weight is 212 g/mol. The topological polar surface area (TPSA) is 23.6 Å². The van der Waals surface area contributed by atoms with Crippen molar-refractivity contribution in [1.29, 1.82) is 0 Å². The van der Waals surface area contributed by atoms with Crippen molar-refractivity contribution in [1.82, 2.24) is 9.80 Å². The first-order valence-electron chi connectivity index (χ1n) is 6.24. The van der Waals surface area contributed by atoms with Gasteiger partial charge < -0.3 is 9.80 Å². The minimum Gasteiger partial charge on any atom is -0.340 e. The van der Waals surface area contributed by atoms with Crippen molar-refractivity contribution < 1.29 is 4.79 Å². The summed E-state index contributed by atoms with van der Waals surface area (Å²) in [4.78, 5) is 16.5. The standard InChI is InChI=1S/C12H24N2O/c1-4-11(5-2)12(15)14-9-7-13(6-3)8-10-14/h11H,4-10H2,1-3H3. The Balaban J connectivity index is 2.42. The van der Waals surface area contributed by atoms with Gasteiger partial charge in [-0.1, -0.05) is 20.8 Å². The molecule has 3 nitrogen and oxygen atoms in total. The van der Waals surface area contributed by atoms with Crippen LogP contribution in [0, 0.1) is 5.92 Å². The Labute approximate surface area is 93.4 Å². The molecule has 15 heavy (non-hydrogen) atoms. The van der Waals surface area contributed by atoms with E-state index in [-0.39, 0.29) is 5.92 Å². The summed E-state index contributed by atoms with van der Waals surface area (Å²) >= 11 is 0. The third kappa shape index (κ3) is 3.20. The fraction of sp³-hybridized carbons (Fsp3) is 0.917. The molecular weight excluding hydrogens is 188 g/mol. The molecule has 1 rings (SSSR count). The summed E-state index contributed by atoms with van der Waals surface area (Å²) in [5.41, 5.74) is 0. The van der Waals surface area contributed by atoms with Crippen molar-refractivity contribution in [2.24, 2.45) is 5.92 Å². The number of carbonyl (C=O) groups is 1. The van der Waals surface area contributed by atoms with Gasteiger partial charge in [0.05, 0.1) is 0 Å². The maximum Gasteiger partial charge on any atom is 0.225 e. The highest BCUT2D eigenvalue weighted by Gasteiger charge is 2.24. The molecule has 0 spiro atoms. The summed E-state index contributed by atoms with van der Waals surface area (Å²) in [5, 5.41) is 0. The zero-order valence-corrected chi connectivity index (χ0v) is 10.3. The fourth-order valence-electron chi connectivity index (χ4n) is 2.18. The van der Waals surface area contributed by atoms with Crippen molar-refractivity contribution in [3.63, 3.8) is 0 Å². The highest BCUT2D eigenvalue weighted by atomic mass is 16.2. The Kier molecular flexibility index (Phi) is 5.09. The largest absolute Gasteiger partial charge is 0.340 e. The molecule has 0 saturated carbocycles. The summed E-state index contributed by atoms with van der Waals surface area (Å²) in [6, 6.07) is 0. The number of amides is 1. The molecule has 0 aliphatic carbocycles. The van der Waals surface area contributed by atoms with E-state index >= 15 is 0 Å². The fourth-order valence-corrected chi connectivity index (χ4v) is 2.18. The van der Waals surface area contributed by atoms with E-state index in [0.29, 0.717) is 5.91 Å². The molecule has 0 unspecified atom stereocenters. The molecule has 0 atom stereocenters. The van der Waals surface area contributed by atoms with Gasteiger partial charge in [-0.15, -0.1) is 0 Å². The van der Waals surface area contributed by atoms with Gasteiger partial charge in [0.25, 0.3) is 0 Å². The molecule has 1 amide bonds. The van der Waals surface area contributed by atoms with Crippen LogP contribution in [-0.2, 0) is 4.79 Å². The number of carbonyl (C=O) groups excluding carboxylic acids is 1. The van der Waals surface area contributed by atoms with Crippen LogP contribution in [0.15, 0.2) is 0 Å². The van der Waals surface area contributed by atoms with Gasteiger partial charge in [-0.2, -0.15) is 0 Å². The summed E-state index contributed by atoms with van der Waals surface area (Å²) in [6.45, 7) is 11.4. The van der Waals surface area contributed by atoms with Gasteiger partial charge in [0, 0.05) is 32.1 Å². The Bertz CT molecular complexity index is 194. The molecule has 1 heterocycles. The van der Waals surface area contributed by atoms with Gasteiger partial charge in [-0.05, 0) is 19.4 Å². The third-order valence-corrected chi connectivity index (χ3v) is 3.47. The molecule has 1 fully saturated rings. The van der Waals surface area contributed by atoms with Crippen LogP contribution in [0.1, 0.15) is 33.6 Å². The first-order valence-corrected chi connectivity index (χ1v) is 6.24. The summed E-state index contributed by atoms with van der Waals surface area (Å²) in [6.07, 6.45) is 1.95. The minimum atomic E-state index is 0.248. The molecule has 0 N–H and O–H groups in total. The normalized spacial score (nSPS) is 18.5. The van der Waals surface area contributed by atoms with Crippen molar-refractivity contribution in [2.45, 2.75) is 33.6 Å². The maximum atomic E-state index is 12.1. The molecule has 0 aromatic rings. The van der Waals surface area contributed by atoms with Crippen LogP contribution in [0.25, 0.3) is 0 Å². The zero-order valence-electron chi connectivity index (χ0n) is 10.3. The molecule has 0 radical (unpaired) electrons. The van der Waals surface area contributed by atoms with E-state index in [1.54, 1.807) is 0 Å². The molecule has 3 heteroatoms. The Hall–Kier alpha value is -0.570. The van der Waals surface area contributed by atoms with E-state index in [4.69, 9.17) is 0 Å². The first kappa shape index (κ1) is 12.5. The number of rotatable bonds is 4. The van der Waals surface area contributed by atoms with Crippen LogP contribution in [0.2, 0.25) is 0 Å². The van der Waals surface area contributed by atoms with Gasteiger partial charge in [0.1, 0.15) is 0 Å². The van der Waals surface area contributed by atoms with Crippen molar-refractivity contribution >= 4 is 5.91 Å². The molecule has 0 bridgehead atoms. The van der Waals surface area contributed by atoms with Crippen molar-refractivity contribution in [3.8, 4) is 0 Å². The lowest BCUT2D eigenvalue weighted by atomic mass is 10.0. The second-order valence-corrected chi connectivity index (χ2v) is 4.27. The van der Waals surface area contributed by atoms with Gasteiger partial charge in [-0.25, -0.2) is 0 Å². The molecular formula is C12H24N2O. The first-order chi connectivity index (χ1) is 7.22. The van der Waals surface area contributed by atoms with E-state index in [1.165, 1.54) is 0 Å². The Morgan fingerprint density at radius 2 is 1.60 bits per heavy atom. The summed E-state index contributed by atoms with van der Waals surface area (Å²) in [5.74, 6) is 0.619. The van der Waals surface area contributed by atoms with E-state index in [0.717, 1.165) is 45.6 Å². The van der Waals surface area contributed by atoms with E-state index in [1.807, 2.05) is 4.90 Å². The second kappa shape index (κ2) is 6.11. The molecule has 1 aliphatic rings. The van der Waals surface area contributed by atoms with Crippen molar-refractivity contribution in [2.75, 3.05) is 32.7 Å². The summed E-state index contributed by atoms with van der Waals surface area (Å²) in [7, 11) is 0. The highest BCUT2D eigenvalue weighted by molar-refractivity contribution is 5.78. The zero-order chi connectivity index (χ0) is 11.3. The number of nitrogens with zero attached hydrogens (tertiary/aromatic N) is 2. The van der Waals surface area contributed by atoms with Crippen LogP contribution in [0.3, 0.4) is 0 Å². The Morgan fingerprint density at radius 1 is 1.07 bits per heavy atom. The number of likely N-dealkylation sites (N-methyl/N-ethyl adjacent to an activating group) is 1. The predicted molar refractivity (Wildman–Crippen MR) is 62.8 cm³/mol.